The Balaban J connectivity index is 1.41. The molecule has 0 saturated carbocycles. The number of hydrogen-bond acceptors (Lipinski definition) is 7. The third-order valence-corrected chi connectivity index (χ3v) is 4.88. The van der Waals surface area contributed by atoms with Crippen LogP contribution in [0.3, 0.4) is 0 Å². The van der Waals surface area contributed by atoms with Crippen molar-refractivity contribution in [3.05, 3.63) is 48.5 Å². The second-order valence-corrected chi connectivity index (χ2v) is 6.73. The maximum Gasteiger partial charge on any atom is 0.316 e. The number of halogens is 1. The van der Waals surface area contributed by atoms with Gasteiger partial charge in [-0.3, -0.25) is 4.57 Å². The number of rotatable bonds is 5. The zero-order valence-corrected chi connectivity index (χ0v) is 15.9. The van der Waals surface area contributed by atoms with Crippen LogP contribution in [0.2, 0.25) is 0 Å². The van der Waals surface area contributed by atoms with E-state index in [1.54, 1.807) is 30.6 Å². The smallest absolute Gasteiger partial charge is 0.316 e. The molecule has 1 aliphatic rings. The summed E-state index contributed by atoms with van der Waals surface area (Å²) in [4.78, 5) is 12.3. The van der Waals surface area contributed by atoms with E-state index < -0.39 is 0 Å². The second-order valence-electron chi connectivity index (χ2n) is 6.73. The van der Waals surface area contributed by atoms with Gasteiger partial charge in [0.05, 0.1) is 0 Å². The lowest BCUT2D eigenvalue weighted by molar-refractivity contribution is 0.156. The molecule has 0 radical (unpaired) electrons. The van der Waals surface area contributed by atoms with Crippen molar-refractivity contribution in [3.63, 3.8) is 0 Å². The standard InChI is InChI=1S/C19H22FN7O/c1-25(15-6-4-14(20)5-7-15)18-23-24-19(26(18)2)27-12-8-16(9-13-27)28-17-21-10-3-11-22-17/h3-7,10-11,16H,8-9,12-13H2,1-2H3. The van der Waals surface area contributed by atoms with Gasteiger partial charge < -0.3 is 14.5 Å². The van der Waals surface area contributed by atoms with Gasteiger partial charge in [0.1, 0.15) is 11.9 Å². The van der Waals surface area contributed by atoms with Crippen LogP contribution in [0.1, 0.15) is 12.8 Å². The van der Waals surface area contributed by atoms with Gasteiger partial charge in [0.15, 0.2) is 0 Å². The van der Waals surface area contributed by atoms with Crippen LogP contribution in [0, 0.1) is 5.82 Å². The fourth-order valence-corrected chi connectivity index (χ4v) is 3.33. The van der Waals surface area contributed by atoms with Gasteiger partial charge in [0.25, 0.3) is 0 Å². The molecule has 0 amide bonds. The molecule has 0 bridgehead atoms. The van der Waals surface area contributed by atoms with Gasteiger partial charge in [0, 0.05) is 58.1 Å². The molecule has 3 heterocycles. The molecule has 1 saturated heterocycles. The number of hydrogen-bond donors (Lipinski definition) is 0. The van der Waals surface area contributed by atoms with Gasteiger partial charge in [-0.15, -0.1) is 10.2 Å². The Bertz CT molecular complexity index is 908. The highest BCUT2D eigenvalue weighted by Gasteiger charge is 2.25. The van der Waals surface area contributed by atoms with Crippen molar-refractivity contribution >= 4 is 17.6 Å². The number of ether oxygens (including phenoxy) is 1. The van der Waals surface area contributed by atoms with Gasteiger partial charge in [-0.25, -0.2) is 14.4 Å². The van der Waals surface area contributed by atoms with Crippen LogP contribution in [0.5, 0.6) is 6.01 Å². The predicted molar refractivity (Wildman–Crippen MR) is 103 cm³/mol. The zero-order chi connectivity index (χ0) is 19.5. The molecule has 1 aromatic carbocycles. The first-order valence-electron chi connectivity index (χ1n) is 9.19. The van der Waals surface area contributed by atoms with E-state index in [-0.39, 0.29) is 11.9 Å². The molecule has 1 aliphatic heterocycles. The fraction of sp³-hybridized carbons (Fsp3) is 0.368. The molecular formula is C19H22FN7O. The van der Waals surface area contributed by atoms with E-state index in [0.717, 1.165) is 37.6 Å². The second kappa shape index (κ2) is 7.79. The monoisotopic (exact) mass is 383 g/mol. The summed E-state index contributed by atoms with van der Waals surface area (Å²) in [6.07, 6.45) is 5.16. The van der Waals surface area contributed by atoms with Crippen LogP contribution in [0.4, 0.5) is 22.0 Å². The lowest BCUT2D eigenvalue weighted by Crippen LogP contribution is -2.39. The average molecular weight is 383 g/mol. The minimum Gasteiger partial charge on any atom is -0.460 e. The van der Waals surface area contributed by atoms with Crippen molar-refractivity contribution in [3.8, 4) is 6.01 Å². The Morgan fingerprint density at radius 3 is 2.43 bits per heavy atom. The Morgan fingerprint density at radius 2 is 1.75 bits per heavy atom. The van der Waals surface area contributed by atoms with E-state index >= 15 is 0 Å². The largest absolute Gasteiger partial charge is 0.460 e. The van der Waals surface area contributed by atoms with Gasteiger partial charge in [-0.1, -0.05) is 0 Å². The van der Waals surface area contributed by atoms with E-state index in [2.05, 4.69) is 25.1 Å². The summed E-state index contributed by atoms with van der Waals surface area (Å²) in [5, 5.41) is 8.70. The molecule has 2 aromatic heterocycles. The van der Waals surface area contributed by atoms with E-state index in [1.807, 2.05) is 23.6 Å². The molecule has 4 rings (SSSR count). The summed E-state index contributed by atoms with van der Waals surface area (Å²) in [6.45, 7) is 1.62. The summed E-state index contributed by atoms with van der Waals surface area (Å²) in [7, 11) is 3.83. The molecule has 146 valence electrons. The van der Waals surface area contributed by atoms with Crippen molar-refractivity contribution < 1.29 is 9.13 Å². The first kappa shape index (κ1) is 18.1. The molecule has 0 spiro atoms. The Hall–Kier alpha value is -3.23. The topological polar surface area (TPSA) is 72.2 Å². The lowest BCUT2D eigenvalue weighted by atomic mass is 10.1. The van der Waals surface area contributed by atoms with Crippen LogP contribution in [0.25, 0.3) is 0 Å². The first-order chi connectivity index (χ1) is 13.6. The minimum atomic E-state index is -0.262. The van der Waals surface area contributed by atoms with Crippen LogP contribution in [-0.4, -0.2) is 51.0 Å². The molecule has 0 aliphatic carbocycles. The van der Waals surface area contributed by atoms with Crippen LogP contribution < -0.4 is 14.5 Å². The quantitative estimate of drug-likeness (QED) is 0.670. The van der Waals surface area contributed by atoms with Gasteiger partial charge in [-0.2, -0.15) is 0 Å². The molecule has 3 aromatic rings. The third-order valence-electron chi connectivity index (χ3n) is 4.88. The first-order valence-corrected chi connectivity index (χ1v) is 9.19. The maximum atomic E-state index is 13.2. The molecule has 8 nitrogen and oxygen atoms in total. The highest BCUT2D eigenvalue weighted by Crippen LogP contribution is 2.26. The third kappa shape index (κ3) is 3.73. The zero-order valence-electron chi connectivity index (χ0n) is 15.9. The molecule has 1 fully saturated rings. The van der Waals surface area contributed by atoms with E-state index in [1.165, 1.54) is 12.1 Å². The molecule has 0 N–H and O–H groups in total. The van der Waals surface area contributed by atoms with Crippen molar-refractivity contribution in [2.45, 2.75) is 18.9 Å². The summed E-state index contributed by atoms with van der Waals surface area (Å²) in [5.41, 5.74) is 0.846. The molecule has 0 unspecified atom stereocenters. The Morgan fingerprint density at radius 1 is 1.07 bits per heavy atom. The summed E-state index contributed by atoms with van der Waals surface area (Å²) >= 11 is 0. The summed E-state index contributed by atoms with van der Waals surface area (Å²) in [5.74, 6) is 1.23. The van der Waals surface area contributed by atoms with Crippen molar-refractivity contribution in [1.29, 1.82) is 0 Å². The summed E-state index contributed by atoms with van der Waals surface area (Å²) < 4.78 is 21.0. The van der Waals surface area contributed by atoms with E-state index in [9.17, 15) is 4.39 Å². The maximum absolute atomic E-state index is 13.2. The highest BCUT2D eigenvalue weighted by atomic mass is 19.1. The number of aromatic nitrogens is 5. The average Bonchev–Trinajstić information content (AvgIpc) is 3.11. The number of nitrogens with zero attached hydrogens (tertiary/aromatic N) is 7. The van der Waals surface area contributed by atoms with Crippen molar-refractivity contribution in [2.24, 2.45) is 7.05 Å². The Labute approximate surface area is 162 Å². The Kier molecular flexibility index (Phi) is 5.05. The van der Waals surface area contributed by atoms with E-state index in [0.29, 0.717) is 12.0 Å². The van der Waals surface area contributed by atoms with Crippen LogP contribution >= 0.6 is 0 Å². The van der Waals surface area contributed by atoms with Crippen molar-refractivity contribution in [2.75, 3.05) is 29.9 Å². The number of piperidine rings is 1. The van der Waals surface area contributed by atoms with Gasteiger partial charge >= 0.3 is 6.01 Å². The van der Waals surface area contributed by atoms with E-state index in [4.69, 9.17) is 4.74 Å². The highest BCUT2D eigenvalue weighted by molar-refractivity contribution is 5.57. The van der Waals surface area contributed by atoms with Crippen molar-refractivity contribution in [1.82, 2.24) is 24.7 Å². The van der Waals surface area contributed by atoms with Gasteiger partial charge in [-0.05, 0) is 30.3 Å². The predicted octanol–water partition coefficient (Wildman–Crippen LogP) is 2.56. The van der Waals surface area contributed by atoms with Gasteiger partial charge in [0.2, 0.25) is 11.9 Å². The van der Waals surface area contributed by atoms with Crippen LogP contribution in [0.15, 0.2) is 42.7 Å². The summed E-state index contributed by atoms with van der Waals surface area (Å²) in [6, 6.07) is 8.50. The number of anilines is 3. The normalized spacial score (nSPS) is 14.9. The molecule has 9 heteroatoms. The SMILES string of the molecule is CN(c1ccc(F)cc1)c1nnc(N2CCC(Oc3ncccn3)CC2)n1C. The fourth-order valence-electron chi connectivity index (χ4n) is 3.33. The molecule has 28 heavy (non-hydrogen) atoms. The molecule has 0 atom stereocenters. The molecular weight excluding hydrogens is 361 g/mol. The van der Waals surface area contributed by atoms with Crippen LogP contribution in [-0.2, 0) is 7.05 Å². The minimum absolute atomic E-state index is 0.0910. The lowest BCUT2D eigenvalue weighted by Gasteiger charge is -2.32. The number of benzene rings is 1.